The molecule has 2 aromatic rings. The maximum absolute atomic E-state index is 12.1. The van der Waals surface area contributed by atoms with E-state index in [1.54, 1.807) is 0 Å². The molecule has 1 amide bonds. The Kier molecular flexibility index (Phi) is 2.96. The first-order valence-corrected chi connectivity index (χ1v) is 7.12. The standard InChI is InChI=1S/C14H16N2OS/c15-12-10-6-1-2-7-11(10)18-13(12)14(17)16-8-9-4-3-5-9/h1-2,6-7,9H,3-5,8,15H2,(H,16,17). The van der Waals surface area contributed by atoms with Crippen molar-refractivity contribution in [3.63, 3.8) is 0 Å². The summed E-state index contributed by atoms with van der Waals surface area (Å²) in [7, 11) is 0. The Bertz CT molecular complexity index is 586. The van der Waals surface area contributed by atoms with Gasteiger partial charge in [-0.05, 0) is 24.8 Å². The number of nitrogens with two attached hydrogens (primary N) is 1. The van der Waals surface area contributed by atoms with E-state index in [0.717, 1.165) is 16.6 Å². The van der Waals surface area contributed by atoms with E-state index in [9.17, 15) is 4.79 Å². The van der Waals surface area contributed by atoms with Crippen molar-refractivity contribution in [3.8, 4) is 0 Å². The number of nitrogen functional groups attached to an aromatic ring is 1. The Morgan fingerprint density at radius 2 is 2.17 bits per heavy atom. The first kappa shape index (κ1) is 11.5. The van der Waals surface area contributed by atoms with Crippen LogP contribution in [0.3, 0.4) is 0 Å². The number of benzene rings is 1. The van der Waals surface area contributed by atoms with Gasteiger partial charge in [-0.3, -0.25) is 4.79 Å². The maximum Gasteiger partial charge on any atom is 0.263 e. The number of anilines is 1. The minimum absolute atomic E-state index is 0.0272. The highest BCUT2D eigenvalue weighted by Crippen LogP contribution is 2.33. The van der Waals surface area contributed by atoms with Gasteiger partial charge in [0.05, 0.1) is 5.69 Å². The Hall–Kier alpha value is -1.55. The van der Waals surface area contributed by atoms with Crippen LogP contribution in [0.2, 0.25) is 0 Å². The normalized spacial score (nSPS) is 15.6. The van der Waals surface area contributed by atoms with Crippen molar-refractivity contribution < 1.29 is 4.79 Å². The van der Waals surface area contributed by atoms with Gasteiger partial charge in [0.2, 0.25) is 0 Å². The van der Waals surface area contributed by atoms with E-state index in [1.807, 2.05) is 24.3 Å². The molecule has 0 saturated heterocycles. The molecule has 3 rings (SSSR count). The Labute approximate surface area is 110 Å². The van der Waals surface area contributed by atoms with Crippen molar-refractivity contribution in [1.29, 1.82) is 0 Å². The summed E-state index contributed by atoms with van der Waals surface area (Å²) < 4.78 is 1.07. The number of fused-ring (bicyclic) bond motifs is 1. The maximum atomic E-state index is 12.1. The fourth-order valence-corrected chi connectivity index (χ4v) is 3.29. The molecule has 3 N–H and O–H groups in total. The second kappa shape index (κ2) is 4.61. The van der Waals surface area contributed by atoms with Gasteiger partial charge in [0.15, 0.2) is 0 Å². The smallest absolute Gasteiger partial charge is 0.263 e. The second-order valence-electron chi connectivity index (χ2n) is 4.85. The minimum Gasteiger partial charge on any atom is -0.397 e. The summed E-state index contributed by atoms with van der Waals surface area (Å²) >= 11 is 1.47. The van der Waals surface area contributed by atoms with Crippen molar-refractivity contribution in [3.05, 3.63) is 29.1 Å². The molecule has 1 saturated carbocycles. The third kappa shape index (κ3) is 1.97. The van der Waals surface area contributed by atoms with E-state index >= 15 is 0 Å². The van der Waals surface area contributed by atoms with Gasteiger partial charge in [-0.25, -0.2) is 0 Å². The number of thiophene rings is 1. The van der Waals surface area contributed by atoms with E-state index < -0.39 is 0 Å². The van der Waals surface area contributed by atoms with Crippen molar-refractivity contribution >= 4 is 33.0 Å². The van der Waals surface area contributed by atoms with Crippen molar-refractivity contribution in [2.75, 3.05) is 12.3 Å². The van der Waals surface area contributed by atoms with Crippen molar-refractivity contribution in [2.45, 2.75) is 19.3 Å². The molecule has 1 aliphatic carbocycles. The van der Waals surface area contributed by atoms with Gasteiger partial charge >= 0.3 is 0 Å². The van der Waals surface area contributed by atoms with Gasteiger partial charge in [-0.15, -0.1) is 11.3 Å². The summed E-state index contributed by atoms with van der Waals surface area (Å²) in [5, 5.41) is 3.98. The Balaban J connectivity index is 1.80. The lowest BCUT2D eigenvalue weighted by atomic mass is 9.85. The number of nitrogens with one attached hydrogen (secondary N) is 1. The number of carbonyl (C=O) groups is 1. The van der Waals surface area contributed by atoms with E-state index in [4.69, 9.17) is 5.73 Å². The molecular weight excluding hydrogens is 244 g/mol. The second-order valence-corrected chi connectivity index (χ2v) is 5.90. The average molecular weight is 260 g/mol. The van der Waals surface area contributed by atoms with Crippen LogP contribution in [0.25, 0.3) is 10.1 Å². The highest BCUT2D eigenvalue weighted by Gasteiger charge is 2.20. The molecule has 4 heteroatoms. The molecule has 1 aromatic heterocycles. The molecule has 94 valence electrons. The summed E-state index contributed by atoms with van der Waals surface area (Å²) in [6, 6.07) is 7.87. The zero-order valence-electron chi connectivity index (χ0n) is 10.1. The summed E-state index contributed by atoms with van der Waals surface area (Å²) in [6.07, 6.45) is 3.77. The van der Waals surface area contributed by atoms with Gasteiger partial charge in [0, 0.05) is 16.6 Å². The number of hydrogen-bond donors (Lipinski definition) is 2. The molecular formula is C14H16N2OS. The van der Waals surface area contributed by atoms with Gasteiger partial charge in [-0.2, -0.15) is 0 Å². The van der Waals surface area contributed by atoms with E-state index in [-0.39, 0.29) is 5.91 Å². The molecule has 1 aromatic carbocycles. The first-order valence-electron chi connectivity index (χ1n) is 6.31. The fourth-order valence-electron chi connectivity index (χ4n) is 2.25. The summed E-state index contributed by atoms with van der Waals surface area (Å²) in [5.41, 5.74) is 6.66. The highest BCUT2D eigenvalue weighted by molar-refractivity contribution is 7.21. The molecule has 1 aliphatic rings. The third-order valence-corrected chi connectivity index (χ3v) is 4.80. The predicted molar refractivity (Wildman–Crippen MR) is 75.9 cm³/mol. The molecule has 3 nitrogen and oxygen atoms in total. The topological polar surface area (TPSA) is 55.1 Å². The highest BCUT2D eigenvalue weighted by atomic mass is 32.1. The molecule has 0 aliphatic heterocycles. The first-order chi connectivity index (χ1) is 8.75. The molecule has 0 unspecified atom stereocenters. The zero-order valence-corrected chi connectivity index (χ0v) is 10.9. The van der Waals surface area contributed by atoms with Crippen LogP contribution in [0, 0.1) is 5.92 Å². The quantitative estimate of drug-likeness (QED) is 0.891. The average Bonchev–Trinajstić information content (AvgIpc) is 2.65. The number of rotatable bonds is 3. The van der Waals surface area contributed by atoms with E-state index in [0.29, 0.717) is 16.5 Å². The molecule has 1 heterocycles. The number of amides is 1. The molecule has 0 radical (unpaired) electrons. The lowest BCUT2D eigenvalue weighted by molar-refractivity contribution is 0.0944. The fraction of sp³-hybridized carbons (Fsp3) is 0.357. The van der Waals surface area contributed by atoms with Gasteiger partial charge in [0.25, 0.3) is 5.91 Å². The summed E-state index contributed by atoms with van der Waals surface area (Å²) in [4.78, 5) is 12.7. The van der Waals surface area contributed by atoms with Crippen LogP contribution in [0.15, 0.2) is 24.3 Å². The molecule has 18 heavy (non-hydrogen) atoms. The Morgan fingerprint density at radius 1 is 1.39 bits per heavy atom. The monoisotopic (exact) mass is 260 g/mol. The SMILES string of the molecule is Nc1c(C(=O)NCC2CCC2)sc2ccccc12. The predicted octanol–water partition coefficient (Wildman–Crippen LogP) is 3.01. The van der Waals surface area contributed by atoms with Crippen LogP contribution in [0.1, 0.15) is 28.9 Å². The van der Waals surface area contributed by atoms with Crippen LogP contribution in [0.5, 0.6) is 0 Å². The number of hydrogen-bond acceptors (Lipinski definition) is 3. The van der Waals surface area contributed by atoms with Gasteiger partial charge in [-0.1, -0.05) is 24.6 Å². The largest absolute Gasteiger partial charge is 0.397 e. The summed E-state index contributed by atoms with van der Waals surface area (Å²) in [6.45, 7) is 0.784. The van der Waals surface area contributed by atoms with Crippen LogP contribution in [0.4, 0.5) is 5.69 Å². The van der Waals surface area contributed by atoms with E-state index in [1.165, 1.54) is 30.6 Å². The molecule has 1 fully saturated rings. The lowest BCUT2D eigenvalue weighted by Crippen LogP contribution is -2.32. The lowest BCUT2D eigenvalue weighted by Gasteiger charge is -2.25. The number of carbonyl (C=O) groups excluding carboxylic acids is 1. The van der Waals surface area contributed by atoms with Gasteiger partial charge < -0.3 is 11.1 Å². The van der Waals surface area contributed by atoms with Crippen LogP contribution in [-0.2, 0) is 0 Å². The molecule has 0 spiro atoms. The van der Waals surface area contributed by atoms with Crippen LogP contribution < -0.4 is 11.1 Å². The van der Waals surface area contributed by atoms with Crippen molar-refractivity contribution in [1.82, 2.24) is 5.32 Å². The van der Waals surface area contributed by atoms with Crippen LogP contribution in [-0.4, -0.2) is 12.5 Å². The van der Waals surface area contributed by atoms with Gasteiger partial charge in [0.1, 0.15) is 4.88 Å². The van der Waals surface area contributed by atoms with E-state index in [2.05, 4.69) is 5.32 Å². The Morgan fingerprint density at radius 3 is 2.83 bits per heavy atom. The zero-order chi connectivity index (χ0) is 12.5. The van der Waals surface area contributed by atoms with Crippen molar-refractivity contribution in [2.24, 2.45) is 5.92 Å². The van der Waals surface area contributed by atoms with Crippen LogP contribution >= 0.6 is 11.3 Å². The molecule has 0 bridgehead atoms. The molecule has 0 atom stereocenters. The minimum atomic E-state index is -0.0272. The summed E-state index contributed by atoms with van der Waals surface area (Å²) in [5.74, 6) is 0.644. The third-order valence-electron chi connectivity index (χ3n) is 3.62.